The first-order chi connectivity index (χ1) is 14.0. The van der Waals surface area contributed by atoms with Gasteiger partial charge in [-0.1, -0.05) is 42.5 Å². The number of ether oxygens (including phenoxy) is 1. The van der Waals surface area contributed by atoms with Crippen molar-refractivity contribution in [3.05, 3.63) is 95.6 Å². The molecule has 3 aromatic rings. The van der Waals surface area contributed by atoms with Gasteiger partial charge < -0.3 is 15.4 Å². The van der Waals surface area contributed by atoms with E-state index < -0.39 is 6.10 Å². The molecule has 5 nitrogen and oxygen atoms in total. The Morgan fingerprint density at radius 1 is 0.931 bits per heavy atom. The molecule has 3 rings (SSSR count). The molecule has 1 atom stereocenters. The summed E-state index contributed by atoms with van der Waals surface area (Å²) in [6, 6.07) is 24.0. The number of hydrogen-bond acceptors (Lipinski definition) is 3. The molecule has 0 heterocycles. The number of nitrogens with one attached hydrogen (secondary N) is 2. The van der Waals surface area contributed by atoms with Gasteiger partial charge in [0.1, 0.15) is 5.75 Å². The van der Waals surface area contributed by atoms with Gasteiger partial charge in [0.05, 0.1) is 0 Å². The zero-order valence-corrected chi connectivity index (χ0v) is 16.5. The first-order valence-corrected chi connectivity index (χ1v) is 9.47. The SMILES string of the molecule is Cc1cccc(OC(C)C(=O)Nc2ccc(C(=O)NCc3ccccc3)cc2)c1. The highest BCUT2D eigenvalue weighted by Gasteiger charge is 2.15. The monoisotopic (exact) mass is 388 g/mol. The molecule has 3 aromatic carbocycles. The van der Waals surface area contributed by atoms with Gasteiger partial charge in [-0.15, -0.1) is 0 Å². The maximum atomic E-state index is 12.4. The lowest BCUT2D eigenvalue weighted by atomic mass is 10.1. The molecule has 5 heteroatoms. The largest absolute Gasteiger partial charge is 0.481 e. The van der Waals surface area contributed by atoms with Gasteiger partial charge in [-0.05, 0) is 61.4 Å². The Balaban J connectivity index is 1.52. The summed E-state index contributed by atoms with van der Waals surface area (Å²) in [6.45, 7) is 4.13. The van der Waals surface area contributed by atoms with Gasteiger partial charge in [0.25, 0.3) is 11.8 Å². The smallest absolute Gasteiger partial charge is 0.265 e. The van der Waals surface area contributed by atoms with Gasteiger partial charge in [-0.3, -0.25) is 9.59 Å². The summed E-state index contributed by atoms with van der Waals surface area (Å²) in [6.07, 6.45) is -0.648. The fraction of sp³-hybridized carbons (Fsp3) is 0.167. The third-order valence-electron chi connectivity index (χ3n) is 4.38. The van der Waals surface area contributed by atoms with Crippen molar-refractivity contribution in [3.8, 4) is 5.75 Å². The molecule has 0 bridgehead atoms. The molecular weight excluding hydrogens is 364 g/mol. The molecule has 0 aliphatic rings. The van der Waals surface area contributed by atoms with Crippen LogP contribution < -0.4 is 15.4 Å². The average Bonchev–Trinajstić information content (AvgIpc) is 2.73. The van der Waals surface area contributed by atoms with E-state index in [4.69, 9.17) is 4.74 Å². The third-order valence-corrected chi connectivity index (χ3v) is 4.38. The number of rotatable bonds is 7. The highest BCUT2D eigenvalue weighted by Crippen LogP contribution is 2.16. The van der Waals surface area contributed by atoms with Gasteiger partial charge in [0.15, 0.2) is 6.10 Å². The predicted octanol–water partition coefficient (Wildman–Crippen LogP) is 4.33. The fourth-order valence-electron chi connectivity index (χ4n) is 2.78. The van der Waals surface area contributed by atoms with Crippen LogP contribution in [0.2, 0.25) is 0 Å². The maximum absolute atomic E-state index is 12.4. The van der Waals surface area contributed by atoms with Crippen molar-refractivity contribution in [1.29, 1.82) is 0 Å². The first kappa shape index (κ1) is 20.1. The van der Waals surface area contributed by atoms with Crippen LogP contribution in [-0.2, 0) is 11.3 Å². The summed E-state index contributed by atoms with van der Waals surface area (Å²) in [7, 11) is 0. The molecule has 0 aromatic heterocycles. The second-order valence-corrected chi connectivity index (χ2v) is 6.81. The van der Waals surface area contributed by atoms with Crippen LogP contribution in [0.5, 0.6) is 5.75 Å². The van der Waals surface area contributed by atoms with Crippen molar-refractivity contribution in [1.82, 2.24) is 5.32 Å². The van der Waals surface area contributed by atoms with Crippen molar-refractivity contribution >= 4 is 17.5 Å². The summed E-state index contributed by atoms with van der Waals surface area (Å²) in [5.74, 6) is 0.230. The average molecular weight is 388 g/mol. The van der Waals surface area contributed by atoms with Crippen molar-refractivity contribution < 1.29 is 14.3 Å². The Hall–Kier alpha value is -3.60. The lowest BCUT2D eigenvalue weighted by Gasteiger charge is -2.15. The Morgan fingerprint density at radius 2 is 1.66 bits per heavy atom. The predicted molar refractivity (Wildman–Crippen MR) is 114 cm³/mol. The summed E-state index contributed by atoms with van der Waals surface area (Å²) < 4.78 is 5.69. The highest BCUT2D eigenvalue weighted by atomic mass is 16.5. The lowest BCUT2D eigenvalue weighted by Crippen LogP contribution is -2.30. The normalized spacial score (nSPS) is 11.4. The van der Waals surface area contributed by atoms with E-state index in [1.54, 1.807) is 31.2 Å². The molecule has 0 fully saturated rings. The zero-order chi connectivity index (χ0) is 20.6. The Bertz CT molecular complexity index is 969. The zero-order valence-electron chi connectivity index (χ0n) is 16.5. The van der Waals surface area contributed by atoms with E-state index in [-0.39, 0.29) is 11.8 Å². The Labute approximate surface area is 170 Å². The number of benzene rings is 3. The Morgan fingerprint density at radius 3 is 2.34 bits per heavy atom. The van der Waals surface area contributed by atoms with Crippen LogP contribution in [-0.4, -0.2) is 17.9 Å². The van der Waals surface area contributed by atoms with Crippen molar-refractivity contribution in [2.24, 2.45) is 0 Å². The molecule has 0 radical (unpaired) electrons. The van der Waals surface area contributed by atoms with E-state index in [1.165, 1.54) is 0 Å². The van der Waals surface area contributed by atoms with Crippen LogP contribution in [0, 0.1) is 6.92 Å². The number of amides is 2. The van der Waals surface area contributed by atoms with E-state index >= 15 is 0 Å². The second kappa shape index (κ2) is 9.55. The summed E-state index contributed by atoms with van der Waals surface area (Å²) in [4.78, 5) is 24.6. The molecule has 0 aliphatic carbocycles. The van der Waals surface area contributed by atoms with Crippen molar-refractivity contribution in [2.45, 2.75) is 26.5 Å². The van der Waals surface area contributed by atoms with Gasteiger partial charge >= 0.3 is 0 Å². The maximum Gasteiger partial charge on any atom is 0.265 e. The van der Waals surface area contributed by atoms with Crippen LogP contribution in [0.3, 0.4) is 0 Å². The van der Waals surface area contributed by atoms with Crippen LogP contribution in [0.4, 0.5) is 5.69 Å². The number of aryl methyl sites for hydroxylation is 1. The van der Waals surface area contributed by atoms with E-state index in [2.05, 4.69) is 10.6 Å². The summed E-state index contributed by atoms with van der Waals surface area (Å²) in [5.41, 5.74) is 3.24. The highest BCUT2D eigenvalue weighted by molar-refractivity contribution is 5.96. The first-order valence-electron chi connectivity index (χ1n) is 9.47. The minimum Gasteiger partial charge on any atom is -0.481 e. The molecule has 29 heavy (non-hydrogen) atoms. The summed E-state index contributed by atoms with van der Waals surface area (Å²) >= 11 is 0. The minimum atomic E-state index is -0.648. The Kier molecular flexibility index (Phi) is 6.63. The van der Waals surface area contributed by atoms with E-state index in [9.17, 15) is 9.59 Å². The van der Waals surface area contributed by atoms with E-state index in [0.717, 1.165) is 11.1 Å². The van der Waals surface area contributed by atoms with Crippen LogP contribution in [0.25, 0.3) is 0 Å². The minimum absolute atomic E-state index is 0.164. The molecule has 2 N–H and O–H groups in total. The van der Waals surface area contributed by atoms with E-state index in [1.807, 2.05) is 61.5 Å². The summed E-state index contributed by atoms with van der Waals surface area (Å²) in [5, 5.41) is 5.68. The van der Waals surface area contributed by atoms with Gasteiger partial charge in [-0.25, -0.2) is 0 Å². The number of carbonyl (C=O) groups is 2. The second-order valence-electron chi connectivity index (χ2n) is 6.81. The third kappa shape index (κ3) is 5.94. The number of hydrogen-bond donors (Lipinski definition) is 2. The van der Waals surface area contributed by atoms with Crippen molar-refractivity contribution in [2.75, 3.05) is 5.32 Å². The standard InChI is InChI=1S/C24H24N2O3/c1-17-7-6-10-22(15-17)29-18(2)23(27)26-21-13-11-20(12-14-21)24(28)25-16-19-8-4-3-5-9-19/h3-15,18H,16H2,1-2H3,(H,25,28)(H,26,27). The van der Waals surface area contributed by atoms with Crippen LogP contribution in [0.1, 0.15) is 28.4 Å². The molecule has 148 valence electrons. The molecular formula is C24H24N2O3. The van der Waals surface area contributed by atoms with Gasteiger partial charge in [-0.2, -0.15) is 0 Å². The van der Waals surface area contributed by atoms with E-state index in [0.29, 0.717) is 23.5 Å². The quantitative estimate of drug-likeness (QED) is 0.633. The van der Waals surface area contributed by atoms with Gasteiger partial charge in [0, 0.05) is 17.8 Å². The topological polar surface area (TPSA) is 67.4 Å². The molecule has 2 amide bonds. The molecule has 1 unspecified atom stereocenters. The molecule has 0 spiro atoms. The number of anilines is 1. The fourth-order valence-corrected chi connectivity index (χ4v) is 2.78. The molecule has 0 saturated carbocycles. The van der Waals surface area contributed by atoms with Crippen LogP contribution >= 0.6 is 0 Å². The number of carbonyl (C=O) groups excluding carboxylic acids is 2. The molecule has 0 aliphatic heterocycles. The lowest BCUT2D eigenvalue weighted by molar-refractivity contribution is -0.122. The molecule has 0 saturated heterocycles. The van der Waals surface area contributed by atoms with Gasteiger partial charge in [0.2, 0.25) is 0 Å². The van der Waals surface area contributed by atoms with Crippen LogP contribution in [0.15, 0.2) is 78.9 Å². The van der Waals surface area contributed by atoms with Crippen molar-refractivity contribution in [3.63, 3.8) is 0 Å².